The number of methoxy groups -OCH3 is 2. The first kappa shape index (κ1) is 16.4. The van der Waals surface area contributed by atoms with Crippen molar-refractivity contribution in [2.24, 2.45) is 0 Å². The van der Waals surface area contributed by atoms with Crippen LogP contribution < -0.4 is 0 Å². The zero-order chi connectivity index (χ0) is 15.0. The van der Waals surface area contributed by atoms with Gasteiger partial charge in [0.2, 0.25) is 5.91 Å². The van der Waals surface area contributed by atoms with Crippen molar-refractivity contribution in [1.29, 1.82) is 0 Å². The van der Waals surface area contributed by atoms with E-state index in [0.29, 0.717) is 0 Å². The molecule has 20 heavy (non-hydrogen) atoms. The molecule has 114 valence electrons. The van der Waals surface area contributed by atoms with Gasteiger partial charge in [-0.1, -0.05) is 0 Å². The number of likely N-dealkylation sites (tertiary alicyclic amines) is 1. The van der Waals surface area contributed by atoms with Crippen LogP contribution in [0.3, 0.4) is 0 Å². The van der Waals surface area contributed by atoms with Crippen molar-refractivity contribution in [2.75, 3.05) is 46.9 Å². The number of nitrogens with zero attached hydrogens (tertiary/aromatic N) is 2. The van der Waals surface area contributed by atoms with Gasteiger partial charge in [-0.2, -0.15) is 0 Å². The first-order valence-corrected chi connectivity index (χ1v) is 6.70. The minimum absolute atomic E-state index is 0.0181. The molecule has 0 radical (unpaired) electrons. The lowest BCUT2D eigenvalue weighted by Crippen LogP contribution is -2.45. The minimum atomic E-state index is -0.486. The Balaban J connectivity index is 2.54. The van der Waals surface area contributed by atoms with E-state index in [1.165, 1.54) is 19.1 Å². The highest BCUT2D eigenvalue weighted by Crippen LogP contribution is 2.09. The van der Waals surface area contributed by atoms with Crippen molar-refractivity contribution in [3.8, 4) is 0 Å². The Labute approximate surface area is 118 Å². The van der Waals surface area contributed by atoms with Gasteiger partial charge in [0.25, 0.3) is 0 Å². The van der Waals surface area contributed by atoms with Gasteiger partial charge in [-0.05, 0) is 19.3 Å². The fourth-order valence-electron chi connectivity index (χ4n) is 2.10. The van der Waals surface area contributed by atoms with Gasteiger partial charge in [0.05, 0.1) is 33.9 Å². The Bertz CT molecular complexity index is 335. The zero-order valence-electron chi connectivity index (χ0n) is 12.1. The summed E-state index contributed by atoms with van der Waals surface area (Å²) in [7, 11) is 2.54. The van der Waals surface area contributed by atoms with Crippen molar-refractivity contribution in [2.45, 2.75) is 19.3 Å². The molecule has 0 saturated carbocycles. The van der Waals surface area contributed by atoms with Crippen molar-refractivity contribution >= 4 is 17.8 Å². The smallest absolute Gasteiger partial charge is 0.319 e. The van der Waals surface area contributed by atoms with Crippen LogP contribution in [0.25, 0.3) is 0 Å². The summed E-state index contributed by atoms with van der Waals surface area (Å²) < 4.78 is 9.13. The Morgan fingerprint density at radius 3 is 1.85 bits per heavy atom. The molecule has 0 spiro atoms. The topological polar surface area (TPSA) is 76.1 Å². The summed E-state index contributed by atoms with van der Waals surface area (Å²) in [4.78, 5) is 38.0. The van der Waals surface area contributed by atoms with E-state index in [2.05, 4.69) is 9.47 Å². The van der Waals surface area contributed by atoms with Gasteiger partial charge in [0, 0.05) is 13.1 Å². The molecule has 0 aromatic heterocycles. The number of carbonyl (C=O) groups is 3. The first-order valence-electron chi connectivity index (χ1n) is 6.70. The molecule has 1 amide bonds. The standard InChI is InChI=1S/C13H22N2O5/c1-19-12(17)9-14(10-13(18)20-2)8-11(16)15-6-4-3-5-7-15/h3-10H2,1-2H3. The fraction of sp³-hybridized carbons (Fsp3) is 0.769. The number of carbonyl (C=O) groups excluding carboxylic acids is 3. The number of esters is 2. The fourth-order valence-corrected chi connectivity index (χ4v) is 2.10. The molecule has 1 rings (SSSR count). The SMILES string of the molecule is COC(=O)CN(CC(=O)OC)CC(=O)N1CCCCC1. The maximum Gasteiger partial charge on any atom is 0.319 e. The van der Waals surface area contributed by atoms with E-state index in [9.17, 15) is 14.4 Å². The molecule has 0 atom stereocenters. The zero-order valence-corrected chi connectivity index (χ0v) is 12.1. The molecule has 0 unspecified atom stereocenters. The van der Waals surface area contributed by atoms with Crippen LogP contribution in [0.1, 0.15) is 19.3 Å². The van der Waals surface area contributed by atoms with Crippen LogP contribution in [-0.2, 0) is 23.9 Å². The predicted molar refractivity (Wildman–Crippen MR) is 70.9 cm³/mol. The summed E-state index contributed by atoms with van der Waals surface area (Å²) in [5.74, 6) is -1.04. The average molecular weight is 286 g/mol. The predicted octanol–water partition coefficient (Wildman–Crippen LogP) is -0.353. The second-order valence-corrected chi connectivity index (χ2v) is 4.74. The number of amides is 1. The molecule has 7 heteroatoms. The Kier molecular flexibility index (Phi) is 7.00. The molecule has 1 fully saturated rings. The molecule has 0 aromatic rings. The maximum absolute atomic E-state index is 12.1. The number of rotatable bonds is 6. The third-order valence-corrected chi connectivity index (χ3v) is 3.23. The van der Waals surface area contributed by atoms with Gasteiger partial charge < -0.3 is 14.4 Å². The normalized spacial score (nSPS) is 15.1. The van der Waals surface area contributed by atoms with Crippen LogP contribution in [0, 0.1) is 0 Å². The molecule has 1 aliphatic rings. The van der Waals surface area contributed by atoms with Crippen LogP contribution in [0.2, 0.25) is 0 Å². The van der Waals surface area contributed by atoms with Crippen LogP contribution in [0.5, 0.6) is 0 Å². The third kappa shape index (κ3) is 5.56. The molecule has 1 aliphatic heterocycles. The summed E-state index contributed by atoms with van der Waals surface area (Å²) >= 11 is 0. The molecule has 1 saturated heterocycles. The quantitative estimate of drug-likeness (QED) is 0.621. The highest BCUT2D eigenvalue weighted by molar-refractivity contribution is 5.81. The van der Waals surface area contributed by atoms with Gasteiger partial charge in [0.1, 0.15) is 0 Å². The first-order chi connectivity index (χ1) is 9.56. The molecule has 0 aromatic carbocycles. The Morgan fingerprint density at radius 2 is 1.40 bits per heavy atom. The summed E-state index contributed by atoms with van der Waals surface area (Å²) in [6.07, 6.45) is 3.14. The van der Waals surface area contributed by atoms with E-state index in [1.807, 2.05) is 0 Å². The number of piperidine rings is 1. The number of hydrogen-bond acceptors (Lipinski definition) is 6. The summed E-state index contributed by atoms with van der Waals surface area (Å²) in [5.41, 5.74) is 0. The Morgan fingerprint density at radius 1 is 0.900 bits per heavy atom. The van der Waals surface area contributed by atoms with E-state index in [1.54, 1.807) is 4.90 Å². The average Bonchev–Trinajstić information content (AvgIpc) is 2.47. The highest BCUT2D eigenvalue weighted by atomic mass is 16.5. The van der Waals surface area contributed by atoms with E-state index >= 15 is 0 Å². The van der Waals surface area contributed by atoms with E-state index in [0.717, 1.165) is 32.4 Å². The lowest BCUT2D eigenvalue weighted by Gasteiger charge is -2.29. The lowest BCUT2D eigenvalue weighted by atomic mass is 10.1. The van der Waals surface area contributed by atoms with Gasteiger partial charge >= 0.3 is 11.9 Å². The molecule has 0 N–H and O–H groups in total. The summed E-state index contributed by atoms with van der Waals surface area (Å²) in [6.45, 7) is 1.28. The van der Waals surface area contributed by atoms with Gasteiger partial charge in [-0.3, -0.25) is 19.3 Å². The number of ether oxygens (including phenoxy) is 2. The van der Waals surface area contributed by atoms with E-state index < -0.39 is 11.9 Å². The van der Waals surface area contributed by atoms with Crippen LogP contribution in [0.4, 0.5) is 0 Å². The molecule has 0 bridgehead atoms. The van der Waals surface area contributed by atoms with E-state index in [-0.39, 0.29) is 25.5 Å². The lowest BCUT2D eigenvalue weighted by molar-refractivity contribution is -0.146. The van der Waals surface area contributed by atoms with Crippen molar-refractivity contribution in [3.05, 3.63) is 0 Å². The van der Waals surface area contributed by atoms with E-state index in [4.69, 9.17) is 0 Å². The summed E-state index contributed by atoms with van der Waals surface area (Å²) in [6, 6.07) is 0. The van der Waals surface area contributed by atoms with Crippen LogP contribution >= 0.6 is 0 Å². The Hall–Kier alpha value is -1.63. The molecule has 7 nitrogen and oxygen atoms in total. The molecular weight excluding hydrogens is 264 g/mol. The van der Waals surface area contributed by atoms with Crippen molar-refractivity contribution < 1.29 is 23.9 Å². The van der Waals surface area contributed by atoms with Gasteiger partial charge in [-0.25, -0.2) is 0 Å². The minimum Gasteiger partial charge on any atom is -0.468 e. The molecule has 0 aliphatic carbocycles. The van der Waals surface area contributed by atoms with Crippen LogP contribution in [-0.4, -0.2) is 74.6 Å². The second kappa shape index (κ2) is 8.52. The summed E-state index contributed by atoms with van der Waals surface area (Å²) in [5, 5.41) is 0. The molecule has 1 heterocycles. The monoisotopic (exact) mass is 286 g/mol. The van der Waals surface area contributed by atoms with Gasteiger partial charge in [0.15, 0.2) is 0 Å². The van der Waals surface area contributed by atoms with Crippen LogP contribution in [0.15, 0.2) is 0 Å². The highest BCUT2D eigenvalue weighted by Gasteiger charge is 2.22. The largest absolute Gasteiger partial charge is 0.468 e. The number of hydrogen-bond donors (Lipinski definition) is 0. The third-order valence-electron chi connectivity index (χ3n) is 3.23. The second-order valence-electron chi connectivity index (χ2n) is 4.74. The van der Waals surface area contributed by atoms with Crippen molar-refractivity contribution in [1.82, 2.24) is 9.80 Å². The van der Waals surface area contributed by atoms with Gasteiger partial charge in [-0.15, -0.1) is 0 Å². The van der Waals surface area contributed by atoms with Crippen molar-refractivity contribution in [3.63, 3.8) is 0 Å². The maximum atomic E-state index is 12.1. The molecular formula is C13H22N2O5.